The highest BCUT2D eigenvalue weighted by atomic mass is 16.1. The third-order valence-corrected chi connectivity index (χ3v) is 2.83. The van der Waals surface area contributed by atoms with Gasteiger partial charge in [0.05, 0.1) is 5.69 Å². The summed E-state index contributed by atoms with van der Waals surface area (Å²) in [5.41, 5.74) is 3.07. The Balaban J connectivity index is 2.20. The van der Waals surface area contributed by atoms with Crippen molar-refractivity contribution in [3.8, 4) is 0 Å². The third kappa shape index (κ3) is 2.67. The van der Waals surface area contributed by atoms with Crippen molar-refractivity contribution >= 4 is 22.5 Å². The van der Waals surface area contributed by atoms with Gasteiger partial charge in [0.2, 0.25) is 5.91 Å². The number of aromatic nitrogens is 1. The highest BCUT2D eigenvalue weighted by molar-refractivity contribution is 6.01. The number of anilines is 1. The number of nitrogens with one attached hydrogen (secondary N) is 2. The Bertz CT molecular complexity index is 528. The van der Waals surface area contributed by atoms with E-state index in [9.17, 15) is 4.79 Å². The van der Waals surface area contributed by atoms with Crippen molar-refractivity contribution in [3.05, 3.63) is 30.0 Å². The van der Waals surface area contributed by atoms with Crippen LogP contribution in [0.15, 0.2) is 24.3 Å². The van der Waals surface area contributed by atoms with Gasteiger partial charge in [-0.1, -0.05) is 19.4 Å². The zero-order valence-electron chi connectivity index (χ0n) is 10.3. The Morgan fingerprint density at radius 1 is 1.41 bits per heavy atom. The SMILES string of the molecule is CCCCC(=O)Nc1cccc2[nH]c(C)cc12. The number of carbonyl (C=O) groups excluding carboxylic acids is 1. The number of amides is 1. The number of H-pyrrole nitrogens is 1. The highest BCUT2D eigenvalue weighted by Gasteiger charge is 2.06. The zero-order valence-corrected chi connectivity index (χ0v) is 10.3. The summed E-state index contributed by atoms with van der Waals surface area (Å²) in [6.07, 6.45) is 2.57. The van der Waals surface area contributed by atoms with Crippen LogP contribution in [0.5, 0.6) is 0 Å². The van der Waals surface area contributed by atoms with E-state index < -0.39 is 0 Å². The molecule has 2 aromatic rings. The number of hydrogen-bond donors (Lipinski definition) is 2. The summed E-state index contributed by atoms with van der Waals surface area (Å²) in [7, 11) is 0. The van der Waals surface area contributed by atoms with Crippen LogP contribution in [-0.4, -0.2) is 10.9 Å². The maximum Gasteiger partial charge on any atom is 0.224 e. The molecule has 0 aliphatic carbocycles. The fourth-order valence-electron chi connectivity index (χ4n) is 1.95. The van der Waals surface area contributed by atoms with E-state index in [1.165, 1.54) is 0 Å². The molecule has 0 spiro atoms. The molecule has 1 amide bonds. The fraction of sp³-hybridized carbons (Fsp3) is 0.357. The van der Waals surface area contributed by atoms with Crippen LogP contribution in [0.2, 0.25) is 0 Å². The topological polar surface area (TPSA) is 44.9 Å². The second kappa shape index (κ2) is 5.04. The standard InChI is InChI=1S/C14H18N2O/c1-3-4-8-14(17)16-13-7-5-6-12-11(13)9-10(2)15-12/h5-7,9,15H,3-4,8H2,1-2H3,(H,16,17). The molecule has 90 valence electrons. The summed E-state index contributed by atoms with van der Waals surface area (Å²) in [5, 5.41) is 4.05. The first kappa shape index (κ1) is 11.7. The summed E-state index contributed by atoms with van der Waals surface area (Å²) in [6.45, 7) is 4.10. The fourth-order valence-corrected chi connectivity index (χ4v) is 1.95. The molecule has 0 aliphatic heterocycles. The van der Waals surface area contributed by atoms with Crippen LogP contribution >= 0.6 is 0 Å². The summed E-state index contributed by atoms with van der Waals surface area (Å²) in [6, 6.07) is 7.97. The average molecular weight is 230 g/mol. The molecule has 0 radical (unpaired) electrons. The average Bonchev–Trinajstić information content (AvgIpc) is 2.68. The molecule has 1 aromatic carbocycles. The molecule has 0 unspecified atom stereocenters. The summed E-state index contributed by atoms with van der Waals surface area (Å²) in [5.74, 6) is 0.0956. The van der Waals surface area contributed by atoms with E-state index in [0.717, 1.165) is 35.1 Å². The second-order valence-electron chi connectivity index (χ2n) is 4.37. The van der Waals surface area contributed by atoms with Crippen LogP contribution < -0.4 is 5.32 Å². The summed E-state index contributed by atoms with van der Waals surface area (Å²) in [4.78, 5) is 15.0. The number of unbranched alkanes of at least 4 members (excludes halogenated alkanes) is 1. The second-order valence-corrected chi connectivity index (χ2v) is 4.37. The maximum atomic E-state index is 11.7. The molecular weight excluding hydrogens is 212 g/mol. The molecule has 17 heavy (non-hydrogen) atoms. The van der Waals surface area contributed by atoms with Crippen LogP contribution in [0.4, 0.5) is 5.69 Å². The normalized spacial score (nSPS) is 10.7. The lowest BCUT2D eigenvalue weighted by atomic mass is 10.2. The lowest BCUT2D eigenvalue weighted by Gasteiger charge is -2.05. The van der Waals surface area contributed by atoms with Crippen LogP contribution in [0.25, 0.3) is 10.9 Å². The predicted octanol–water partition coefficient (Wildman–Crippen LogP) is 3.61. The van der Waals surface area contributed by atoms with Crippen molar-refractivity contribution in [2.24, 2.45) is 0 Å². The minimum absolute atomic E-state index is 0.0956. The number of fused-ring (bicyclic) bond motifs is 1. The minimum Gasteiger partial charge on any atom is -0.359 e. The molecule has 0 atom stereocenters. The molecule has 2 N–H and O–H groups in total. The molecule has 0 aliphatic rings. The van der Waals surface area contributed by atoms with Crippen molar-refractivity contribution in [2.75, 3.05) is 5.32 Å². The van der Waals surface area contributed by atoms with Crippen molar-refractivity contribution in [3.63, 3.8) is 0 Å². The highest BCUT2D eigenvalue weighted by Crippen LogP contribution is 2.24. The number of aryl methyl sites for hydroxylation is 1. The Labute approximate surface area is 101 Å². The van der Waals surface area contributed by atoms with E-state index in [0.29, 0.717) is 6.42 Å². The smallest absolute Gasteiger partial charge is 0.224 e. The van der Waals surface area contributed by atoms with Gasteiger partial charge in [-0.15, -0.1) is 0 Å². The Morgan fingerprint density at radius 3 is 3.00 bits per heavy atom. The van der Waals surface area contributed by atoms with Crippen molar-refractivity contribution in [2.45, 2.75) is 33.1 Å². The number of hydrogen-bond acceptors (Lipinski definition) is 1. The third-order valence-electron chi connectivity index (χ3n) is 2.83. The van der Waals surface area contributed by atoms with Gasteiger partial charge in [0.15, 0.2) is 0 Å². The Morgan fingerprint density at radius 2 is 2.24 bits per heavy atom. The first-order chi connectivity index (χ1) is 8.20. The van der Waals surface area contributed by atoms with Gasteiger partial charge in [-0.25, -0.2) is 0 Å². The van der Waals surface area contributed by atoms with E-state index >= 15 is 0 Å². The van der Waals surface area contributed by atoms with Gasteiger partial charge in [0.1, 0.15) is 0 Å². The molecule has 0 bridgehead atoms. The van der Waals surface area contributed by atoms with Gasteiger partial charge in [-0.2, -0.15) is 0 Å². The number of benzene rings is 1. The molecule has 1 heterocycles. The molecule has 0 fully saturated rings. The van der Waals surface area contributed by atoms with E-state index in [-0.39, 0.29) is 5.91 Å². The summed E-state index contributed by atoms with van der Waals surface area (Å²) >= 11 is 0. The molecular formula is C14H18N2O. The van der Waals surface area contributed by atoms with Gasteiger partial charge < -0.3 is 10.3 Å². The van der Waals surface area contributed by atoms with E-state index in [4.69, 9.17) is 0 Å². The molecule has 2 rings (SSSR count). The van der Waals surface area contributed by atoms with E-state index in [1.54, 1.807) is 0 Å². The van der Waals surface area contributed by atoms with Crippen LogP contribution in [0, 0.1) is 6.92 Å². The van der Waals surface area contributed by atoms with Crippen molar-refractivity contribution in [1.82, 2.24) is 4.98 Å². The minimum atomic E-state index is 0.0956. The van der Waals surface area contributed by atoms with Gasteiger partial charge >= 0.3 is 0 Å². The first-order valence-corrected chi connectivity index (χ1v) is 6.09. The van der Waals surface area contributed by atoms with Crippen LogP contribution in [-0.2, 0) is 4.79 Å². The van der Waals surface area contributed by atoms with Crippen LogP contribution in [0.1, 0.15) is 31.9 Å². The Hall–Kier alpha value is -1.77. The van der Waals surface area contributed by atoms with Gasteiger partial charge in [-0.3, -0.25) is 4.79 Å². The van der Waals surface area contributed by atoms with Crippen molar-refractivity contribution < 1.29 is 4.79 Å². The molecule has 1 aromatic heterocycles. The Kier molecular flexibility index (Phi) is 3.47. The molecule has 0 saturated carbocycles. The summed E-state index contributed by atoms with van der Waals surface area (Å²) < 4.78 is 0. The first-order valence-electron chi connectivity index (χ1n) is 6.09. The van der Waals surface area contributed by atoms with Crippen molar-refractivity contribution in [1.29, 1.82) is 0 Å². The van der Waals surface area contributed by atoms with E-state index in [2.05, 4.69) is 23.3 Å². The monoisotopic (exact) mass is 230 g/mol. The predicted molar refractivity (Wildman–Crippen MR) is 71.2 cm³/mol. The molecule has 3 heteroatoms. The van der Waals surface area contributed by atoms with Gasteiger partial charge in [-0.05, 0) is 31.5 Å². The van der Waals surface area contributed by atoms with E-state index in [1.807, 2.05) is 25.1 Å². The van der Waals surface area contributed by atoms with Crippen LogP contribution in [0.3, 0.4) is 0 Å². The lowest BCUT2D eigenvalue weighted by Crippen LogP contribution is -2.10. The quantitative estimate of drug-likeness (QED) is 0.828. The van der Waals surface area contributed by atoms with Gasteiger partial charge in [0.25, 0.3) is 0 Å². The number of rotatable bonds is 4. The number of carbonyl (C=O) groups is 1. The van der Waals surface area contributed by atoms with Gasteiger partial charge in [0, 0.05) is 23.0 Å². The molecule has 3 nitrogen and oxygen atoms in total. The number of aromatic amines is 1. The zero-order chi connectivity index (χ0) is 12.3. The molecule has 0 saturated heterocycles. The lowest BCUT2D eigenvalue weighted by molar-refractivity contribution is -0.116. The largest absolute Gasteiger partial charge is 0.359 e. The maximum absolute atomic E-state index is 11.7.